The van der Waals surface area contributed by atoms with E-state index in [4.69, 9.17) is 18.9 Å². The van der Waals surface area contributed by atoms with Crippen molar-refractivity contribution in [2.75, 3.05) is 27.9 Å². The first-order chi connectivity index (χ1) is 13.3. The first-order valence-corrected chi connectivity index (χ1v) is 9.52. The van der Waals surface area contributed by atoms with Crippen LogP contribution in [0.5, 0.6) is 5.75 Å². The molecule has 0 fully saturated rings. The summed E-state index contributed by atoms with van der Waals surface area (Å²) >= 11 is 0. The Morgan fingerprint density at radius 3 is 2.32 bits per heavy atom. The molecule has 1 aromatic carbocycles. The van der Waals surface area contributed by atoms with E-state index in [-0.39, 0.29) is 23.9 Å². The van der Waals surface area contributed by atoms with Crippen molar-refractivity contribution in [2.45, 2.75) is 46.0 Å². The highest BCUT2D eigenvalue weighted by molar-refractivity contribution is 5.87. The summed E-state index contributed by atoms with van der Waals surface area (Å²) in [6.45, 7) is 6.53. The molecule has 0 aliphatic carbocycles. The van der Waals surface area contributed by atoms with Crippen molar-refractivity contribution in [2.24, 2.45) is 11.8 Å². The molecule has 28 heavy (non-hydrogen) atoms. The molecule has 1 N–H and O–H groups in total. The van der Waals surface area contributed by atoms with E-state index in [0.717, 1.165) is 11.3 Å². The number of benzene rings is 1. The monoisotopic (exact) mass is 394 g/mol. The molecule has 0 radical (unpaired) electrons. The zero-order chi connectivity index (χ0) is 21.1. The lowest BCUT2D eigenvalue weighted by atomic mass is 9.87. The number of rotatable bonds is 12. The molecule has 158 valence electrons. The minimum Gasteiger partial charge on any atom is -0.497 e. The van der Waals surface area contributed by atoms with Gasteiger partial charge in [0.2, 0.25) is 0 Å². The number of aliphatic hydroxyl groups is 1. The van der Waals surface area contributed by atoms with Gasteiger partial charge in [-0.15, -0.1) is 0 Å². The van der Waals surface area contributed by atoms with Gasteiger partial charge in [-0.3, -0.25) is 0 Å². The average Bonchev–Trinajstić information content (AvgIpc) is 2.72. The molecule has 0 saturated carbocycles. The van der Waals surface area contributed by atoms with Crippen LogP contribution in [-0.2, 0) is 25.6 Å². The Morgan fingerprint density at radius 1 is 1.14 bits per heavy atom. The van der Waals surface area contributed by atoms with Crippen LogP contribution in [0.25, 0.3) is 0 Å². The fourth-order valence-electron chi connectivity index (χ4n) is 3.13. The highest BCUT2D eigenvalue weighted by Crippen LogP contribution is 2.23. The molecule has 6 heteroatoms. The van der Waals surface area contributed by atoms with E-state index in [2.05, 4.69) is 0 Å². The van der Waals surface area contributed by atoms with Crippen LogP contribution in [0, 0.1) is 11.8 Å². The maximum absolute atomic E-state index is 11.5. The minimum absolute atomic E-state index is 0.119. The maximum atomic E-state index is 11.5. The third-order valence-corrected chi connectivity index (χ3v) is 4.96. The number of carbonyl (C=O) groups excluding carboxylic acids is 1. The molecule has 4 atom stereocenters. The zero-order valence-corrected chi connectivity index (χ0v) is 17.8. The van der Waals surface area contributed by atoms with Crippen LogP contribution in [0.3, 0.4) is 0 Å². The van der Waals surface area contributed by atoms with Crippen molar-refractivity contribution < 1.29 is 28.8 Å². The number of hydrogen-bond donors (Lipinski definition) is 1. The molecule has 0 amide bonds. The number of methoxy groups -OCH3 is 3. The Balaban J connectivity index is 2.50. The molecule has 1 rings (SSSR count). The second kappa shape index (κ2) is 12.5. The van der Waals surface area contributed by atoms with Gasteiger partial charge in [0.1, 0.15) is 5.75 Å². The SMILES string of the molecule is COC(=O)/C(C)=C/[C@@H](C)[C@H](O)[C@H](C)[C@@H](CCOCc1ccc(OC)cc1)OC. The number of ether oxygens (including phenoxy) is 4. The molecule has 0 unspecified atom stereocenters. The van der Waals surface area contributed by atoms with Gasteiger partial charge in [0.05, 0.1) is 33.0 Å². The first kappa shape index (κ1) is 24.1. The molecule has 0 spiro atoms. The number of aliphatic hydroxyl groups excluding tert-OH is 1. The summed E-state index contributed by atoms with van der Waals surface area (Å²) < 4.78 is 21.2. The smallest absolute Gasteiger partial charge is 0.333 e. The van der Waals surface area contributed by atoms with Crippen LogP contribution in [-0.4, -0.2) is 51.2 Å². The first-order valence-electron chi connectivity index (χ1n) is 9.52. The standard InChI is InChI=1S/C22H34O6/c1-15(13-16(2)22(24)27-6)21(23)17(3)20(26-5)11-12-28-14-18-7-9-19(25-4)10-8-18/h7-10,13,15,17,20-21,23H,11-12,14H2,1-6H3/b16-13+/t15-,17-,20-,21+/m1/s1. The Labute approximate surface area is 168 Å². The van der Waals surface area contributed by atoms with Gasteiger partial charge < -0.3 is 24.1 Å². The molecular weight excluding hydrogens is 360 g/mol. The molecule has 1 aromatic rings. The predicted molar refractivity (Wildman–Crippen MR) is 108 cm³/mol. The van der Waals surface area contributed by atoms with E-state index < -0.39 is 6.10 Å². The van der Waals surface area contributed by atoms with E-state index in [1.54, 1.807) is 27.2 Å². The average molecular weight is 395 g/mol. The van der Waals surface area contributed by atoms with E-state index in [9.17, 15) is 9.90 Å². The van der Waals surface area contributed by atoms with E-state index in [1.807, 2.05) is 38.1 Å². The highest BCUT2D eigenvalue weighted by atomic mass is 16.5. The van der Waals surface area contributed by atoms with Gasteiger partial charge in [-0.2, -0.15) is 0 Å². The van der Waals surface area contributed by atoms with Gasteiger partial charge in [-0.25, -0.2) is 4.79 Å². The summed E-state index contributed by atoms with van der Waals surface area (Å²) in [6.07, 6.45) is 1.60. The van der Waals surface area contributed by atoms with Crippen LogP contribution in [0.4, 0.5) is 0 Å². The molecular formula is C22H34O6. The van der Waals surface area contributed by atoms with Gasteiger partial charge in [0.15, 0.2) is 0 Å². The van der Waals surface area contributed by atoms with Gasteiger partial charge in [0.25, 0.3) is 0 Å². The van der Waals surface area contributed by atoms with Crippen LogP contribution in [0.1, 0.15) is 32.8 Å². The van der Waals surface area contributed by atoms with Crippen LogP contribution < -0.4 is 4.74 Å². The van der Waals surface area contributed by atoms with Crippen LogP contribution in [0.2, 0.25) is 0 Å². The van der Waals surface area contributed by atoms with Crippen molar-refractivity contribution >= 4 is 5.97 Å². The molecule has 0 bridgehead atoms. The normalized spacial score (nSPS) is 16.2. The van der Waals surface area contributed by atoms with Crippen LogP contribution in [0.15, 0.2) is 35.9 Å². The summed E-state index contributed by atoms with van der Waals surface area (Å²) in [6, 6.07) is 7.74. The summed E-state index contributed by atoms with van der Waals surface area (Å²) in [5.41, 5.74) is 1.55. The van der Waals surface area contributed by atoms with Crippen molar-refractivity contribution in [3.8, 4) is 5.75 Å². The van der Waals surface area contributed by atoms with Gasteiger partial charge in [-0.1, -0.05) is 32.1 Å². The summed E-state index contributed by atoms with van der Waals surface area (Å²) in [4.78, 5) is 11.5. The second-order valence-electron chi connectivity index (χ2n) is 7.01. The largest absolute Gasteiger partial charge is 0.497 e. The fraction of sp³-hybridized carbons (Fsp3) is 0.591. The molecule has 0 aromatic heterocycles. The third kappa shape index (κ3) is 7.62. The molecule has 0 aliphatic heterocycles. The van der Waals surface area contributed by atoms with Crippen molar-refractivity contribution in [3.63, 3.8) is 0 Å². The third-order valence-electron chi connectivity index (χ3n) is 4.96. The molecule has 0 aliphatic rings. The van der Waals surface area contributed by atoms with Gasteiger partial charge in [-0.05, 0) is 31.0 Å². The molecule has 6 nitrogen and oxygen atoms in total. The highest BCUT2D eigenvalue weighted by Gasteiger charge is 2.27. The maximum Gasteiger partial charge on any atom is 0.333 e. The summed E-state index contributed by atoms with van der Waals surface area (Å²) in [7, 11) is 4.62. The van der Waals surface area contributed by atoms with E-state index >= 15 is 0 Å². The number of carbonyl (C=O) groups is 1. The Kier molecular flexibility index (Phi) is 10.8. The van der Waals surface area contributed by atoms with Gasteiger partial charge in [0, 0.05) is 31.1 Å². The lowest BCUT2D eigenvalue weighted by Gasteiger charge is -2.29. The topological polar surface area (TPSA) is 74.2 Å². The van der Waals surface area contributed by atoms with Crippen molar-refractivity contribution in [3.05, 3.63) is 41.5 Å². The number of hydrogen-bond acceptors (Lipinski definition) is 6. The van der Waals surface area contributed by atoms with E-state index in [0.29, 0.717) is 25.2 Å². The second-order valence-corrected chi connectivity index (χ2v) is 7.01. The quantitative estimate of drug-likeness (QED) is 0.333. The summed E-state index contributed by atoms with van der Waals surface area (Å²) in [5, 5.41) is 10.6. The summed E-state index contributed by atoms with van der Waals surface area (Å²) in [5.74, 6) is 0.108. The van der Waals surface area contributed by atoms with Crippen LogP contribution >= 0.6 is 0 Å². The Morgan fingerprint density at radius 2 is 1.79 bits per heavy atom. The Bertz CT molecular complexity index is 610. The van der Waals surface area contributed by atoms with Crippen molar-refractivity contribution in [1.29, 1.82) is 0 Å². The molecule has 0 saturated heterocycles. The predicted octanol–water partition coefficient (Wildman–Crippen LogP) is 3.37. The zero-order valence-electron chi connectivity index (χ0n) is 17.8. The lowest BCUT2D eigenvalue weighted by Crippen LogP contribution is -2.35. The molecule has 0 heterocycles. The van der Waals surface area contributed by atoms with E-state index in [1.165, 1.54) is 7.11 Å². The van der Waals surface area contributed by atoms with Crippen molar-refractivity contribution in [1.82, 2.24) is 0 Å². The lowest BCUT2D eigenvalue weighted by molar-refractivity contribution is -0.136. The fourth-order valence-corrected chi connectivity index (χ4v) is 3.13. The minimum atomic E-state index is -0.647. The number of esters is 1. The Hall–Kier alpha value is -1.89. The van der Waals surface area contributed by atoms with Gasteiger partial charge >= 0.3 is 5.97 Å².